The van der Waals surface area contributed by atoms with Crippen LogP contribution in [-0.2, 0) is 0 Å². The van der Waals surface area contributed by atoms with E-state index in [0.29, 0.717) is 24.6 Å². The summed E-state index contributed by atoms with van der Waals surface area (Å²) in [5.74, 6) is -0.163. The maximum atomic E-state index is 13.4. The molecule has 24 heavy (non-hydrogen) atoms. The van der Waals surface area contributed by atoms with Crippen LogP contribution in [0.2, 0.25) is 0 Å². The Kier molecular flexibility index (Phi) is 6.32. The first-order valence-corrected chi connectivity index (χ1v) is 8.40. The first-order chi connectivity index (χ1) is 11.4. The standard InChI is InChI=1S/C18H27FN2O3/c1-11(2)16-7-21(14(9-22)10-23)8-17(16)20-18(24)15-6-13(19)5-4-12(15)3/h4-6,11,14,16-17,22-23H,7-10H2,1-3H3,(H,20,24)/t16-,17+/m1/s1. The fraction of sp³-hybridized carbons (Fsp3) is 0.611. The second kappa shape index (κ2) is 8.05. The molecule has 0 radical (unpaired) electrons. The lowest BCUT2D eigenvalue weighted by Crippen LogP contribution is -2.44. The molecule has 1 amide bonds. The van der Waals surface area contributed by atoms with Gasteiger partial charge in [-0.2, -0.15) is 0 Å². The highest BCUT2D eigenvalue weighted by molar-refractivity contribution is 5.95. The number of aryl methyl sites for hydroxylation is 1. The molecule has 1 fully saturated rings. The molecule has 0 aliphatic carbocycles. The van der Waals surface area contributed by atoms with Gasteiger partial charge in [0.15, 0.2) is 0 Å². The maximum Gasteiger partial charge on any atom is 0.251 e. The van der Waals surface area contributed by atoms with Crippen molar-refractivity contribution in [1.82, 2.24) is 10.2 Å². The summed E-state index contributed by atoms with van der Waals surface area (Å²) < 4.78 is 13.4. The molecule has 1 aromatic rings. The number of carbonyl (C=O) groups excluding carboxylic acids is 1. The van der Waals surface area contributed by atoms with Gasteiger partial charge in [0.05, 0.1) is 19.3 Å². The van der Waals surface area contributed by atoms with Crippen molar-refractivity contribution in [3.63, 3.8) is 0 Å². The summed E-state index contributed by atoms with van der Waals surface area (Å²) in [5.41, 5.74) is 1.07. The Bertz CT molecular complexity index is 575. The Morgan fingerprint density at radius 2 is 2.00 bits per heavy atom. The largest absolute Gasteiger partial charge is 0.395 e. The number of rotatable bonds is 6. The highest BCUT2D eigenvalue weighted by Gasteiger charge is 2.38. The predicted molar refractivity (Wildman–Crippen MR) is 90.3 cm³/mol. The molecule has 6 heteroatoms. The van der Waals surface area contributed by atoms with Gasteiger partial charge in [-0.05, 0) is 36.5 Å². The van der Waals surface area contributed by atoms with E-state index in [9.17, 15) is 19.4 Å². The number of nitrogens with one attached hydrogen (secondary N) is 1. The maximum absolute atomic E-state index is 13.4. The molecule has 5 nitrogen and oxygen atoms in total. The third kappa shape index (κ3) is 4.12. The number of hydrogen-bond donors (Lipinski definition) is 3. The number of aliphatic hydroxyl groups excluding tert-OH is 2. The van der Waals surface area contributed by atoms with Crippen LogP contribution in [0.15, 0.2) is 18.2 Å². The molecule has 0 bridgehead atoms. The van der Waals surface area contributed by atoms with Crippen molar-refractivity contribution in [1.29, 1.82) is 0 Å². The van der Waals surface area contributed by atoms with Gasteiger partial charge in [0.1, 0.15) is 5.82 Å². The number of nitrogens with zero attached hydrogens (tertiary/aromatic N) is 1. The van der Waals surface area contributed by atoms with E-state index in [1.165, 1.54) is 12.1 Å². The molecule has 2 atom stereocenters. The van der Waals surface area contributed by atoms with Crippen molar-refractivity contribution in [2.75, 3.05) is 26.3 Å². The van der Waals surface area contributed by atoms with Gasteiger partial charge in [-0.25, -0.2) is 4.39 Å². The molecule has 1 aromatic carbocycles. The molecule has 2 rings (SSSR count). The molecule has 1 aliphatic heterocycles. The molecule has 1 saturated heterocycles. The zero-order valence-electron chi connectivity index (χ0n) is 14.5. The predicted octanol–water partition coefficient (Wildman–Crippen LogP) is 1.17. The van der Waals surface area contributed by atoms with Crippen LogP contribution in [0.3, 0.4) is 0 Å². The van der Waals surface area contributed by atoms with Crippen molar-refractivity contribution in [2.45, 2.75) is 32.9 Å². The lowest BCUT2D eigenvalue weighted by molar-refractivity contribution is 0.0849. The van der Waals surface area contributed by atoms with E-state index in [4.69, 9.17) is 0 Å². The van der Waals surface area contributed by atoms with E-state index in [1.807, 2.05) is 4.90 Å². The SMILES string of the molecule is Cc1ccc(F)cc1C(=O)N[C@H]1CN(C(CO)CO)C[C@@H]1C(C)C. The zero-order chi connectivity index (χ0) is 17.9. The van der Waals surface area contributed by atoms with E-state index in [2.05, 4.69) is 19.2 Å². The van der Waals surface area contributed by atoms with E-state index in [-0.39, 0.29) is 37.1 Å². The molecule has 0 spiro atoms. The monoisotopic (exact) mass is 338 g/mol. The Balaban J connectivity index is 2.14. The minimum absolute atomic E-state index is 0.0965. The highest BCUT2D eigenvalue weighted by Crippen LogP contribution is 2.26. The molecule has 0 aromatic heterocycles. The first kappa shape index (κ1) is 18.8. The molecule has 1 aliphatic rings. The number of carbonyl (C=O) groups is 1. The second-order valence-electron chi connectivity index (χ2n) is 6.92. The highest BCUT2D eigenvalue weighted by atomic mass is 19.1. The Morgan fingerprint density at radius 1 is 1.33 bits per heavy atom. The molecule has 1 heterocycles. The third-order valence-electron chi connectivity index (χ3n) is 4.95. The molecular weight excluding hydrogens is 311 g/mol. The van der Waals surface area contributed by atoms with Crippen molar-refractivity contribution >= 4 is 5.91 Å². The van der Waals surface area contributed by atoms with Gasteiger partial charge >= 0.3 is 0 Å². The first-order valence-electron chi connectivity index (χ1n) is 8.40. The number of aliphatic hydroxyl groups is 2. The van der Waals surface area contributed by atoms with Crippen molar-refractivity contribution in [3.8, 4) is 0 Å². The number of amides is 1. The normalized spacial score (nSPS) is 21.7. The summed E-state index contributed by atoms with van der Waals surface area (Å²) in [6.07, 6.45) is 0. The fourth-order valence-corrected chi connectivity index (χ4v) is 3.36. The minimum Gasteiger partial charge on any atom is -0.395 e. The molecular formula is C18H27FN2O3. The van der Waals surface area contributed by atoms with Crippen LogP contribution in [0.1, 0.15) is 29.8 Å². The van der Waals surface area contributed by atoms with Gasteiger partial charge in [0, 0.05) is 24.7 Å². The molecule has 134 valence electrons. The number of likely N-dealkylation sites (tertiary alicyclic amines) is 1. The number of halogens is 1. The number of benzene rings is 1. The lowest BCUT2D eigenvalue weighted by atomic mass is 9.91. The van der Waals surface area contributed by atoms with E-state index in [1.54, 1.807) is 13.0 Å². The topological polar surface area (TPSA) is 72.8 Å². The fourth-order valence-electron chi connectivity index (χ4n) is 3.36. The van der Waals surface area contributed by atoms with Gasteiger partial charge in [0.2, 0.25) is 0 Å². The van der Waals surface area contributed by atoms with Gasteiger partial charge in [0.25, 0.3) is 5.91 Å². The molecule has 0 saturated carbocycles. The third-order valence-corrected chi connectivity index (χ3v) is 4.95. The van der Waals surface area contributed by atoms with Crippen molar-refractivity contribution < 1.29 is 19.4 Å². The van der Waals surface area contributed by atoms with Crippen LogP contribution in [-0.4, -0.2) is 59.4 Å². The van der Waals surface area contributed by atoms with Crippen LogP contribution < -0.4 is 5.32 Å². The minimum atomic E-state index is -0.431. The van der Waals surface area contributed by atoms with Gasteiger partial charge in [-0.1, -0.05) is 19.9 Å². The summed E-state index contributed by atoms with van der Waals surface area (Å²) in [4.78, 5) is 14.6. The summed E-state index contributed by atoms with van der Waals surface area (Å²) in [6.45, 7) is 6.99. The van der Waals surface area contributed by atoms with Crippen molar-refractivity contribution in [2.24, 2.45) is 11.8 Å². The van der Waals surface area contributed by atoms with E-state index < -0.39 is 5.82 Å². The zero-order valence-corrected chi connectivity index (χ0v) is 14.5. The molecule has 3 N–H and O–H groups in total. The Morgan fingerprint density at radius 3 is 2.58 bits per heavy atom. The van der Waals surface area contributed by atoms with E-state index in [0.717, 1.165) is 5.56 Å². The van der Waals surface area contributed by atoms with Crippen LogP contribution in [0, 0.1) is 24.6 Å². The number of hydrogen-bond acceptors (Lipinski definition) is 4. The summed E-state index contributed by atoms with van der Waals surface area (Å²) in [5, 5.41) is 21.8. The Hall–Kier alpha value is -1.50. The quantitative estimate of drug-likeness (QED) is 0.728. The summed E-state index contributed by atoms with van der Waals surface area (Å²) >= 11 is 0. The van der Waals surface area contributed by atoms with E-state index >= 15 is 0 Å². The van der Waals surface area contributed by atoms with Gasteiger partial charge in [-0.3, -0.25) is 9.69 Å². The van der Waals surface area contributed by atoms with Crippen LogP contribution in [0.4, 0.5) is 4.39 Å². The van der Waals surface area contributed by atoms with Gasteiger partial charge < -0.3 is 15.5 Å². The summed E-state index contributed by atoms with van der Waals surface area (Å²) in [6, 6.07) is 3.78. The average molecular weight is 338 g/mol. The Labute approximate surface area is 142 Å². The summed E-state index contributed by atoms with van der Waals surface area (Å²) in [7, 11) is 0. The van der Waals surface area contributed by atoms with Crippen LogP contribution >= 0.6 is 0 Å². The van der Waals surface area contributed by atoms with Crippen molar-refractivity contribution in [3.05, 3.63) is 35.1 Å². The van der Waals surface area contributed by atoms with Gasteiger partial charge in [-0.15, -0.1) is 0 Å². The van der Waals surface area contributed by atoms with Crippen LogP contribution in [0.25, 0.3) is 0 Å². The van der Waals surface area contributed by atoms with Crippen LogP contribution in [0.5, 0.6) is 0 Å². The molecule has 0 unspecified atom stereocenters. The lowest BCUT2D eigenvalue weighted by Gasteiger charge is -2.24. The average Bonchev–Trinajstić information content (AvgIpc) is 2.94. The second-order valence-corrected chi connectivity index (χ2v) is 6.92. The smallest absolute Gasteiger partial charge is 0.251 e.